The van der Waals surface area contributed by atoms with Gasteiger partial charge in [-0.05, 0) is 29.7 Å². The van der Waals surface area contributed by atoms with Crippen molar-refractivity contribution in [3.05, 3.63) is 96.1 Å². The molecule has 2 atom stereocenters. The van der Waals surface area contributed by atoms with Crippen molar-refractivity contribution in [3.8, 4) is 11.3 Å². The third-order valence-corrected chi connectivity index (χ3v) is 5.63. The lowest BCUT2D eigenvalue weighted by Crippen LogP contribution is -2.42. The Bertz CT molecular complexity index is 1120. The fourth-order valence-electron chi connectivity index (χ4n) is 4.03. The van der Waals surface area contributed by atoms with Gasteiger partial charge in [-0.25, -0.2) is 0 Å². The highest BCUT2D eigenvalue weighted by Crippen LogP contribution is 2.38. The molecule has 152 valence electrons. The van der Waals surface area contributed by atoms with Crippen molar-refractivity contribution >= 4 is 16.8 Å². The van der Waals surface area contributed by atoms with Crippen LogP contribution in [0.4, 0.5) is 0 Å². The quantitative estimate of drug-likeness (QED) is 0.424. The summed E-state index contributed by atoms with van der Waals surface area (Å²) in [5, 5.41) is 7.37. The molecule has 0 radical (unpaired) electrons. The summed E-state index contributed by atoms with van der Waals surface area (Å²) in [7, 11) is 1.67. The van der Waals surface area contributed by atoms with Crippen LogP contribution in [0.1, 0.15) is 24.0 Å². The van der Waals surface area contributed by atoms with Crippen molar-refractivity contribution in [2.45, 2.75) is 18.9 Å². The predicted molar refractivity (Wildman–Crippen MR) is 124 cm³/mol. The number of hydrogen-bond acceptors (Lipinski definition) is 2. The van der Waals surface area contributed by atoms with Gasteiger partial charge >= 0.3 is 0 Å². The number of likely N-dealkylation sites (N-methyl/N-ethyl adjacent to an activating group) is 1. The number of aromatic nitrogens is 1. The Labute approximate surface area is 177 Å². The summed E-state index contributed by atoms with van der Waals surface area (Å²) >= 11 is 0. The number of nitrogens with one attached hydrogen (secondary N) is 3. The topological polar surface area (TPSA) is 56.9 Å². The van der Waals surface area contributed by atoms with Crippen molar-refractivity contribution in [1.82, 2.24) is 15.6 Å². The second kappa shape index (κ2) is 8.97. The predicted octanol–water partition coefficient (Wildman–Crippen LogP) is 4.69. The molecule has 0 fully saturated rings. The Morgan fingerprint density at radius 2 is 1.53 bits per heavy atom. The fourth-order valence-corrected chi connectivity index (χ4v) is 4.03. The Balaban J connectivity index is 1.85. The van der Waals surface area contributed by atoms with E-state index in [1.807, 2.05) is 19.1 Å². The van der Waals surface area contributed by atoms with Crippen LogP contribution < -0.4 is 10.6 Å². The molecular weight excluding hydrogens is 370 g/mol. The normalized spacial score (nSPS) is 13.1. The molecule has 3 aromatic carbocycles. The smallest absolute Gasteiger partial charge is 0.236 e. The van der Waals surface area contributed by atoms with Gasteiger partial charge in [0.15, 0.2) is 0 Å². The molecule has 4 rings (SSSR count). The van der Waals surface area contributed by atoms with Crippen molar-refractivity contribution in [2.75, 3.05) is 13.6 Å². The summed E-state index contributed by atoms with van der Waals surface area (Å²) in [5.74, 6) is 0.0775. The summed E-state index contributed by atoms with van der Waals surface area (Å²) in [4.78, 5) is 15.7. The zero-order valence-electron chi connectivity index (χ0n) is 17.4. The van der Waals surface area contributed by atoms with E-state index < -0.39 is 0 Å². The summed E-state index contributed by atoms with van der Waals surface area (Å²) < 4.78 is 0. The summed E-state index contributed by atoms with van der Waals surface area (Å²) in [6, 6.07) is 29.1. The van der Waals surface area contributed by atoms with Crippen LogP contribution in [0.2, 0.25) is 0 Å². The first-order valence-corrected chi connectivity index (χ1v) is 10.3. The molecule has 4 heteroatoms. The van der Waals surface area contributed by atoms with E-state index in [0.29, 0.717) is 6.54 Å². The molecule has 0 aliphatic rings. The molecular formula is C26H27N3O. The fraction of sp³-hybridized carbons (Fsp3) is 0.192. The number of fused-ring (bicyclic) bond motifs is 1. The molecule has 4 nitrogen and oxygen atoms in total. The number of para-hydroxylation sites is 1. The number of H-pyrrole nitrogens is 1. The molecule has 30 heavy (non-hydrogen) atoms. The van der Waals surface area contributed by atoms with Gasteiger partial charge in [0, 0.05) is 30.4 Å². The van der Waals surface area contributed by atoms with E-state index >= 15 is 0 Å². The molecule has 3 N–H and O–H groups in total. The van der Waals surface area contributed by atoms with Crippen molar-refractivity contribution in [3.63, 3.8) is 0 Å². The average Bonchev–Trinajstić information content (AvgIpc) is 3.19. The van der Waals surface area contributed by atoms with Gasteiger partial charge in [-0.2, -0.15) is 0 Å². The summed E-state index contributed by atoms with van der Waals surface area (Å²) in [6.45, 7) is 2.55. The summed E-state index contributed by atoms with van der Waals surface area (Å²) in [6.07, 6.45) is 0. The maximum atomic E-state index is 12.1. The van der Waals surface area contributed by atoms with E-state index in [2.05, 4.69) is 88.4 Å². The van der Waals surface area contributed by atoms with E-state index in [0.717, 1.165) is 16.8 Å². The second-order valence-corrected chi connectivity index (χ2v) is 7.53. The van der Waals surface area contributed by atoms with Gasteiger partial charge in [0.2, 0.25) is 5.91 Å². The number of hydrogen-bond donors (Lipinski definition) is 3. The zero-order valence-corrected chi connectivity index (χ0v) is 17.4. The number of benzene rings is 3. The molecule has 1 aromatic heterocycles. The monoisotopic (exact) mass is 397 g/mol. The van der Waals surface area contributed by atoms with Crippen molar-refractivity contribution in [2.24, 2.45) is 0 Å². The van der Waals surface area contributed by atoms with Gasteiger partial charge in [-0.1, -0.05) is 78.9 Å². The third-order valence-electron chi connectivity index (χ3n) is 5.63. The molecule has 0 spiro atoms. The summed E-state index contributed by atoms with van der Waals surface area (Å²) in [5.41, 5.74) is 5.87. The number of carbonyl (C=O) groups is 1. The Morgan fingerprint density at radius 1 is 0.900 bits per heavy atom. The van der Waals surface area contributed by atoms with E-state index in [-0.39, 0.29) is 17.9 Å². The maximum absolute atomic E-state index is 12.1. The van der Waals surface area contributed by atoms with Gasteiger partial charge in [0.1, 0.15) is 0 Å². The highest BCUT2D eigenvalue weighted by atomic mass is 16.2. The molecule has 0 aliphatic carbocycles. The minimum absolute atomic E-state index is 0.0102. The molecule has 0 aliphatic heterocycles. The van der Waals surface area contributed by atoms with Crippen molar-refractivity contribution in [1.29, 1.82) is 0 Å². The average molecular weight is 398 g/mol. The van der Waals surface area contributed by atoms with E-state index in [4.69, 9.17) is 0 Å². The van der Waals surface area contributed by atoms with Crippen LogP contribution in [0.15, 0.2) is 84.9 Å². The lowest BCUT2D eigenvalue weighted by Gasteiger charge is -2.22. The van der Waals surface area contributed by atoms with Crippen LogP contribution in [0.25, 0.3) is 22.2 Å². The van der Waals surface area contributed by atoms with Crippen LogP contribution in [0.5, 0.6) is 0 Å². The highest BCUT2D eigenvalue weighted by molar-refractivity contribution is 5.92. The molecule has 4 aromatic rings. The Kier molecular flexibility index (Phi) is 5.96. The lowest BCUT2D eigenvalue weighted by molar-refractivity contribution is -0.122. The first-order valence-electron chi connectivity index (χ1n) is 10.3. The zero-order chi connectivity index (χ0) is 20.9. The second-order valence-electron chi connectivity index (χ2n) is 7.53. The van der Waals surface area contributed by atoms with E-state index in [9.17, 15) is 4.79 Å². The molecule has 0 bridgehead atoms. The largest absolute Gasteiger partial charge is 0.358 e. The van der Waals surface area contributed by atoms with Gasteiger partial charge in [0.05, 0.1) is 11.7 Å². The number of rotatable bonds is 7. The van der Waals surface area contributed by atoms with E-state index in [1.54, 1.807) is 7.05 Å². The molecule has 0 saturated heterocycles. The van der Waals surface area contributed by atoms with Crippen LogP contribution in [0, 0.1) is 0 Å². The van der Waals surface area contributed by atoms with Crippen molar-refractivity contribution < 1.29 is 4.79 Å². The maximum Gasteiger partial charge on any atom is 0.236 e. The molecule has 0 saturated carbocycles. The first kappa shape index (κ1) is 19.9. The van der Waals surface area contributed by atoms with E-state index in [1.165, 1.54) is 16.5 Å². The van der Waals surface area contributed by atoms with Gasteiger partial charge in [-0.15, -0.1) is 0 Å². The SMILES string of the molecule is CNC(=O)[C@@H](C)NC[C@H](c1ccccc1)c1c(-c2ccccc2)[nH]c2ccccc12. The molecule has 0 unspecified atom stereocenters. The van der Waals surface area contributed by atoms with Gasteiger partial charge < -0.3 is 15.6 Å². The van der Waals surface area contributed by atoms with Crippen LogP contribution >= 0.6 is 0 Å². The van der Waals surface area contributed by atoms with Crippen LogP contribution in [0.3, 0.4) is 0 Å². The number of amides is 1. The number of aromatic amines is 1. The highest BCUT2D eigenvalue weighted by Gasteiger charge is 2.24. The van der Waals surface area contributed by atoms with Gasteiger partial charge in [-0.3, -0.25) is 4.79 Å². The molecule has 1 heterocycles. The Morgan fingerprint density at radius 3 is 2.23 bits per heavy atom. The first-order chi connectivity index (χ1) is 14.7. The molecule has 1 amide bonds. The van der Waals surface area contributed by atoms with Gasteiger partial charge in [0.25, 0.3) is 0 Å². The minimum atomic E-state index is -0.272. The third kappa shape index (κ3) is 4.00. The number of carbonyl (C=O) groups excluding carboxylic acids is 1. The Hall–Kier alpha value is -3.37. The lowest BCUT2D eigenvalue weighted by atomic mass is 9.87. The van der Waals surface area contributed by atoms with Crippen LogP contribution in [-0.4, -0.2) is 30.5 Å². The minimum Gasteiger partial charge on any atom is -0.358 e. The standard InChI is InChI=1S/C26H27N3O/c1-18(26(30)27-2)28-17-22(19-11-5-3-6-12-19)24-21-15-9-10-16-23(21)29-25(24)20-13-7-4-8-14-20/h3-16,18,22,28-29H,17H2,1-2H3,(H,27,30)/t18-,22-/m1/s1. The van der Waals surface area contributed by atoms with Crippen LogP contribution in [-0.2, 0) is 4.79 Å².